The Kier molecular flexibility index (Phi) is 5.33. The summed E-state index contributed by atoms with van der Waals surface area (Å²) in [5, 5.41) is 0. The molecule has 0 aliphatic heterocycles. The molecule has 0 bridgehead atoms. The maximum absolute atomic E-state index is 13.8. The van der Waals surface area contributed by atoms with E-state index in [1.807, 2.05) is 27.7 Å². The molecule has 3 nitrogen and oxygen atoms in total. The molecule has 0 heterocycles. The molecule has 0 spiro atoms. The minimum Gasteiger partial charge on any atom is -0.494 e. The third-order valence-corrected chi connectivity index (χ3v) is 3.20. The van der Waals surface area contributed by atoms with Gasteiger partial charge in [-0.15, -0.1) is 0 Å². The summed E-state index contributed by atoms with van der Waals surface area (Å²) in [6, 6.07) is 4.58. The summed E-state index contributed by atoms with van der Waals surface area (Å²) in [4.78, 5) is 14.0. The van der Waals surface area contributed by atoms with Gasteiger partial charge in [0.25, 0.3) is 0 Å². The highest BCUT2D eigenvalue weighted by Crippen LogP contribution is 2.26. The number of hydrogen-bond acceptors (Lipinski definition) is 2. The molecule has 19 heavy (non-hydrogen) atoms. The molecule has 0 aromatic heterocycles. The van der Waals surface area contributed by atoms with Crippen molar-refractivity contribution in [1.29, 1.82) is 0 Å². The van der Waals surface area contributed by atoms with Crippen LogP contribution in [0, 0.1) is 11.7 Å². The van der Waals surface area contributed by atoms with Gasteiger partial charge >= 0.3 is 0 Å². The number of rotatable bonds is 5. The third-order valence-electron chi connectivity index (χ3n) is 3.20. The van der Waals surface area contributed by atoms with E-state index >= 15 is 0 Å². The Bertz CT molecular complexity index is 446. The first-order valence-electron chi connectivity index (χ1n) is 6.59. The van der Waals surface area contributed by atoms with Crippen molar-refractivity contribution in [3.8, 4) is 5.75 Å². The van der Waals surface area contributed by atoms with Crippen molar-refractivity contribution in [2.45, 2.75) is 40.2 Å². The van der Waals surface area contributed by atoms with Crippen LogP contribution in [0.15, 0.2) is 18.2 Å². The van der Waals surface area contributed by atoms with E-state index in [1.165, 1.54) is 13.2 Å². The summed E-state index contributed by atoms with van der Waals surface area (Å²) in [6.45, 7) is 7.69. The van der Waals surface area contributed by atoms with E-state index in [0.717, 1.165) is 6.42 Å². The molecule has 0 saturated carbocycles. The molecule has 0 radical (unpaired) electrons. The lowest BCUT2D eigenvalue weighted by Gasteiger charge is -2.29. The van der Waals surface area contributed by atoms with Crippen LogP contribution >= 0.6 is 0 Å². The van der Waals surface area contributed by atoms with Crippen LogP contribution in [0.1, 0.15) is 34.1 Å². The second-order valence-corrected chi connectivity index (χ2v) is 4.93. The van der Waals surface area contributed by atoms with E-state index in [9.17, 15) is 9.18 Å². The Morgan fingerprint density at radius 2 is 2.00 bits per heavy atom. The van der Waals surface area contributed by atoms with Crippen molar-refractivity contribution in [3.05, 3.63) is 24.0 Å². The second-order valence-electron chi connectivity index (χ2n) is 4.93. The third kappa shape index (κ3) is 3.46. The monoisotopic (exact) mass is 267 g/mol. The van der Waals surface area contributed by atoms with Gasteiger partial charge in [0.05, 0.1) is 7.11 Å². The lowest BCUT2D eigenvalue weighted by molar-refractivity contribution is -0.122. The summed E-state index contributed by atoms with van der Waals surface area (Å²) < 4.78 is 18.6. The topological polar surface area (TPSA) is 29.5 Å². The molecule has 1 atom stereocenters. The highest BCUT2D eigenvalue weighted by molar-refractivity contribution is 5.95. The number of benzene rings is 1. The van der Waals surface area contributed by atoms with Crippen molar-refractivity contribution < 1.29 is 13.9 Å². The molecule has 1 amide bonds. The summed E-state index contributed by atoms with van der Waals surface area (Å²) in [6.07, 6.45) is 0.765. The first kappa shape index (κ1) is 15.5. The number of nitrogens with zero attached hydrogens (tertiary/aromatic N) is 1. The fraction of sp³-hybridized carbons (Fsp3) is 0.533. The Hall–Kier alpha value is -1.58. The van der Waals surface area contributed by atoms with Gasteiger partial charge in [-0.25, -0.2) is 4.39 Å². The lowest BCUT2D eigenvalue weighted by atomic mass is 10.1. The van der Waals surface area contributed by atoms with Gasteiger partial charge in [0.1, 0.15) is 0 Å². The second kappa shape index (κ2) is 6.55. The number of carbonyl (C=O) groups is 1. The smallest absolute Gasteiger partial charge is 0.230 e. The maximum Gasteiger partial charge on any atom is 0.230 e. The van der Waals surface area contributed by atoms with E-state index in [2.05, 4.69) is 0 Å². The van der Waals surface area contributed by atoms with Crippen molar-refractivity contribution >= 4 is 11.6 Å². The zero-order valence-electron chi connectivity index (χ0n) is 12.2. The summed E-state index contributed by atoms with van der Waals surface area (Å²) in [5.74, 6) is -0.333. The van der Waals surface area contributed by atoms with E-state index < -0.39 is 5.82 Å². The first-order valence-corrected chi connectivity index (χ1v) is 6.59. The average molecular weight is 267 g/mol. The largest absolute Gasteiger partial charge is 0.494 e. The summed E-state index contributed by atoms with van der Waals surface area (Å²) >= 11 is 0. The number of amides is 1. The quantitative estimate of drug-likeness (QED) is 0.815. The molecule has 0 fully saturated rings. The Labute approximate surface area is 114 Å². The number of carbonyl (C=O) groups excluding carboxylic acids is 1. The molecule has 1 rings (SSSR count). The van der Waals surface area contributed by atoms with Crippen LogP contribution in [0.5, 0.6) is 5.75 Å². The Balaban J connectivity index is 3.13. The van der Waals surface area contributed by atoms with E-state index in [-0.39, 0.29) is 23.6 Å². The molecule has 0 saturated heterocycles. The molecule has 0 aliphatic carbocycles. The molecule has 106 valence electrons. The predicted molar refractivity (Wildman–Crippen MR) is 75.0 cm³/mol. The lowest BCUT2D eigenvalue weighted by Crippen LogP contribution is -2.40. The maximum atomic E-state index is 13.8. The molecule has 4 heteroatoms. The number of methoxy groups -OCH3 is 1. The fourth-order valence-corrected chi connectivity index (χ4v) is 1.90. The van der Waals surface area contributed by atoms with E-state index in [1.54, 1.807) is 17.0 Å². The van der Waals surface area contributed by atoms with Crippen LogP contribution in [-0.2, 0) is 4.79 Å². The zero-order chi connectivity index (χ0) is 14.6. The first-order chi connectivity index (χ1) is 8.92. The Morgan fingerprint density at radius 3 is 2.42 bits per heavy atom. The molecular weight excluding hydrogens is 245 g/mol. The highest BCUT2D eigenvalue weighted by Gasteiger charge is 2.24. The normalized spacial score (nSPS) is 12.4. The van der Waals surface area contributed by atoms with Crippen molar-refractivity contribution in [2.24, 2.45) is 5.92 Å². The Morgan fingerprint density at radius 1 is 1.37 bits per heavy atom. The van der Waals surface area contributed by atoms with Gasteiger partial charge in [-0.05, 0) is 32.4 Å². The number of anilines is 1. The van der Waals surface area contributed by atoms with Crippen LogP contribution in [0.25, 0.3) is 0 Å². The van der Waals surface area contributed by atoms with Crippen LogP contribution in [0.4, 0.5) is 10.1 Å². The fourth-order valence-electron chi connectivity index (χ4n) is 1.90. The van der Waals surface area contributed by atoms with E-state index in [4.69, 9.17) is 4.74 Å². The van der Waals surface area contributed by atoms with Gasteiger partial charge < -0.3 is 9.64 Å². The van der Waals surface area contributed by atoms with Gasteiger partial charge in [0.15, 0.2) is 11.6 Å². The van der Waals surface area contributed by atoms with Crippen molar-refractivity contribution in [1.82, 2.24) is 0 Å². The SMILES string of the molecule is CCC(C)C(=O)N(c1ccc(OC)c(F)c1)C(C)C. The molecule has 1 aromatic carbocycles. The predicted octanol–water partition coefficient (Wildman–Crippen LogP) is 3.62. The molecule has 0 N–H and O–H groups in total. The van der Waals surface area contributed by atoms with Gasteiger partial charge in [0.2, 0.25) is 5.91 Å². The number of hydrogen-bond donors (Lipinski definition) is 0. The average Bonchev–Trinajstić information content (AvgIpc) is 2.37. The van der Waals surface area contributed by atoms with Crippen LogP contribution in [0.3, 0.4) is 0 Å². The highest BCUT2D eigenvalue weighted by atomic mass is 19.1. The van der Waals surface area contributed by atoms with Crippen molar-refractivity contribution in [2.75, 3.05) is 12.0 Å². The number of halogens is 1. The van der Waals surface area contributed by atoms with Gasteiger partial charge in [0, 0.05) is 23.7 Å². The molecule has 1 unspecified atom stereocenters. The summed E-state index contributed by atoms with van der Waals surface area (Å²) in [5.41, 5.74) is 0.568. The summed E-state index contributed by atoms with van der Waals surface area (Å²) in [7, 11) is 1.42. The molecule has 0 aliphatic rings. The van der Waals surface area contributed by atoms with Crippen LogP contribution in [0.2, 0.25) is 0 Å². The zero-order valence-corrected chi connectivity index (χ0v) is 12.2. The van der Waals surface area contributed by atoms with Gasteiger partial charge in [-0.2, -0.15) is 0 Å². The minimum absolute atomic E-state index is 0.0158. The van der Waals surface area contributed by atoms with Crippen LogP contribution in [-0.4, -0.2) is 19.1 Å². The van der Waals surface area contributed by atoms with Gasteiger partial charge in [-0.3, -0.25) is 4.79 Å². The van der Waals surface area contributed by atoms with Crippen LogP contribution < -0.4 is 9.64 Å². The number of ether oxygens (including phenoxy) is 1. The molecular formula is C15H22FNO2. The van der Waals surface area contributed by atoms with Crippen molar-refractivity contribution in [3.63, 3.8) is 0 Å². The standard InChI is InChI=1S/C15H22FNO2/c1-6-11(4)15(18)17(10(2)3)12-7-8-14(19-5)13(16)9-12/h7-11H,6H2,1-5H3. The minimum atomic E-state index is -0.456. The molecule has 1 aromatic rings. The van der Waals surface area contributed by atoms with Gasteiger partial charge in [-0.1, -0.05) is 13.8 Å². The van der Waals surface area contributed by atoms with E-state index in [0.29, 0.717) is 5.69 Å².